The summed E-state index contributed by atoms with van der Waals surface area (Å²) in [6.45, 7) is 0. The van der Waals surface area contributed by atoms with Gasteiger partial charge in [0.1, 0.15) is 0 Å². The quantitative estimate of drug-likeness (QED) is 0.568. The minimum absolute atomic E-state index is 0.523. The van der Waals surface area contributed by atoms with E-state index >= 15 is 0 Å². The Morgan fingerprint density at radius 1 is 0.957 bits per heavy atom. The van der Waals surface area contributed by atoms with Gasteiger partial charge in [-0.15, -0.1) is 5.10 Å². The number of fused-ring (bicyclic) bond motifs is 1. The number of benzene rings is 2. The van der Waals surface area contributed by atoms with E-state index in [4.69, 9.17) is 5.73 Å². The summed E-state index contributed by atoms with van der Waals surface area (Å²) >= 11 is 0. The SMILES string of the molecule is Nc1cccc(-c2nccc3nc(Nc4ccccc4)nn23)c1. The van der Waals surface area contributed by atoms with E-state index < -0.39 is 0 Å². The number of hydrogen-bond donors (Lipinski definition) is 2. The number of nitrogens with one attached hydrogen (secondary N) is 1. The zero-order valence-corrected chi connectivity index (χ0v) is 12.2. The van der Waals surface area contributed by atoms with Crippen LogP contribution in [0.4, 0.5) is 17.3 Å². The summed E-state index contributed by atoms with van der Waals surface area (Å²) in [6, 6.07) is 19.2. The largest absolute Gasteiger partial charge is 0.399 e. The van der Waals surface area contributed by atoms with Crippen molar-refractivity contribution in [1.29, 1.82) is 0 Å². The molecule has 0 aliphatic carbocycles. The van der Waals surface area contributed by atoms with Crippen LogP contribution in [0.15, 0.2) is 66.9 Å². The van der Waals surface area contributed by atoms with Crippen LogP contribution in [0, 0.1) is 0 Å². The Balaban J connectivity index is 1.79. The fourth-order valence-electron chi connectivity index (χ4n) is 2.40. The van der Waals surface area contributed by atoms with E-state index in [0.717, 1.165) is 16.9 Å². The van der Waals surface area contributed by atoms with Crippen molar-refractivity contribution in [2.75, 3.05) is 11.1 Å². The molecule has 0 bridgehead atoms. The molecule has 2 heterocycles. The average Bonchev–Trinajstić information content (AvgIpc) is 2.98. The molecule has 0 atom stereocenters. The Kier molecular flexibility index (Phi) is 3.12. The van der Waals surface area contributed by atoms with Gasteiger partial charge in [-0.1, -0.05) is 30.3 Å². The summed E-state index contributed by atoms with van der Waals surface area (Å²) < 4.78 is 1.71. The summed E-state index contributed by atoms with van der Waals surface area (Å²) in [5.74, 6) is 1.22. The number of rotatable bonds is 3. The summed E-state index contributed by atoms with van der Waals surface area (Å²) in [5.41, 5.74) is 9.09. The van der Waals surface area contributed by atoms with Gasteiger partial charge in [0.25, 0.3) is 0 Å². The molecule has 23 heavy (non-hydrogen) atoms. The molecule has 2 aromatic carbocycles. The van der Waals surface area contributed by atoms with E-state index in [2.05, 4.69) is 20.4 Å². The standard InChI is InChI=1S/C17H14N6/c18-13-6-4-5-12(11-13)16-19-10-9-15-21-17(22-23(15)16)20-14-7-2-1-3-8-14/h1-11H,18H2,(H,20,22). The highest BCUT2D eigenvalue weighted by Crippen LogP contribution is 2.21. The third-order valence-corrected chi connectivity index (χ3v) is 3.43. The minimum Gasteiger partial charge on any atom is -0.399 e. The van der Waals surface area contributed by atoms with Crippen LogP contribution in [-0.4, -0.2) is 19.6 Å². The Bertz CT molecular complexity index is 961. The first-order valence-corrected chi connectivity index (χ1v) is 7.19. The number of hydrogen-bond acceptors (Lipinski definition) is 5. The second-order valence-corrected chi connectivity index (χ2v) is 5.09. The number of nitrogens with zero attached hydrogens (tertiary/aromatic N) is 4. The third-order valence-electron chi connectivity index (χ3n) is 3.43. The van der Waals surface area contributed by atoms with Gasteiger partial charge in [0, 0.05) is 29.2 Å². The summed E-state index contributed by atoms with van der Waals surface area (Å²) in [5, 5.41) is 7.69. The van der Waals surface area contributed by atoms with Crippen molar-refractivity contribution in [1.82, 2.24) is 19.6 Å². The maximum Gasteiger partial charge on any atom is 0.247 e. The maximum atomic E-state index is 5.86. The van der Waals surface area contributed by atoms with Crippen LogP contribution in [-0.2, 0) is 0 Å². The number of nitrogen functional groups attached to an aromatic ring is 1. The number of nitrogens with two attached hydrogens (primary N) is 1. The van der Waals surface area contributed by atoms with Crippen LogP contribution in [0.25, 0.3) is 17.0 Å². The second-order valence-electron chi connectivity index (χ2n) is 5.09. The van der Waals surface area contributed by atoms with Crippen molar-refractivity contribution in [3.05, 3.63) is 66.9 Å². The van der Waals surface area contributed by atoms with Crippen molar-refractivity contribution in [3.63, 3.8) is 0 Å². The first-order chi connectivity index (χ1) is 11.3. The zero-order valence-electron chi connectivity index (χ0n) is 12.2. The molecule has 0 unspecified atom stereocenters. The fraction of sp³-hybridized carbons (Fsp3) is 0. The van der Waals surface area contributed by atoms with Crippen molar-refractivity contribution in [2.24, 2.45) is 0 Å². The molecular formula is C17H14N6. The molecule has 0 amide bonds. The van der Waals surface area contributed by atoms with E-state index in [1.165, 1.54) is 0 Å². The predicted molar refractivity (Wildman–Crippen MR) is 90.4 cm³/mol. The number of para-hydroxylation sites is 1. The second kappa shape index (κ2) is 5.42. The first kappa shape index (κ1) is 13.3. The van der Waals surface area contributed by atoms with Gasteiger partial charge in [0.05, 0.1) is 0 Å². The highest BCUT2D eigenvalue weighted by atomic mass is 15.4. The summed E-state index contributed by atoms with van der Waals surface area (Å²) in [7, 11) is 0. The van der Waals surface area contributed by atoms with E-state index in [-0.39, 0.29) is 0 Å². The van der Waals surface area contributed by atoms with E-state index in [9.17, 15) is 0 Å². The van der Waals surface area contributed by atoms with Gasteiger partial charge in [0.15, 0.2) is 11.5 Å². The Labute approximate surface area is 132 Å². The molecule has 0 aliphatic heterocycles. The summed E-state index contributed by atoms with van der Waals surface area (Å²) in [6.07, 6.45) is 1.72. The lowest BCUT2D eigenvalue weighted by Gasteiger charge is -2.03. The lowest BCUT2D eigenvalue weighted by atomic mass is 10.2. The smallest absolute Gasteiger partial charge is 0.247 e. The topological polar surface area (TPSA) is 81.1 Å². The molecule has 0 radical (unpaired) electrons. The molecule has 0 spiro atoms. The summed E-state index contributed by atoms with van der Waals surface area (Å²) in [4.78, 5) is 8.90. The van der Waals surface area contributed by atoms with E-state index in [1.54, 1.807) is 10.7 Å². The van der Waals surface area contributed by atoms with E-state index in [0.29, 0.717) is 17.5 Å². The normalized spacial score (nSPS) is 10.8. The van der Waals surface area contributed by atoms with Gasteiger partial charge in [-0.05, 0) is 24.3 Å². The lowest BCUT2D eigenvalue weighted by Crippen LogP contribution is -1.98. The molecule has 6 nitrogen and oxygen atoms in total. The molecule has 2 aromatic heterocycles. The predicted octanol–water partition coefficient (Wildman–Crippen LogP) is 3.12. The lowest BCUT2D eigenvalue weighted by molar-refractivity contribution is 0.937. The molecular weight excluding hydrogens is 288 g/mol. The van der Waals surface area contributed by atoms with Crippen molar-refractivity contribution >= 4 is 23.0 Å². The Morgan fingerprint density at radius 2 is 1.83 bits per heavy atom. The van der Waals surface area contributed by atoms with Crippen LogP contribution in [0.1, 0.15) is 0 Å². The molecule has 0 saturated heterocycles. The molecule has 0 saturated carbocycles. The van der Waals surface area contributed by atoms with Gasteiger partial charge < -0.3 is 11.1 Å². The third kappa shape index (κ3) is 2.57. The van der Waals surface area contributed by atoms with Crippen molar-refractivity contribution in [2.45, 2.75) is 0 Å². The highest BCUT2D eigenvalue weighted by Gasteiger charge is 2.10. The van der Waals surface area contributed by atoms with Gasteiger partial charge in [-0.3, -0.25) is 0 Å². The molecule has 0 fully saturated rings. The zero-order chi connectivity index (χ0) is 15.6. The van der Waals surface area contributed by atoms with Crippen LogP contribution in [0.3, 0.4) is 0 Å². The first-order valence-electron chi connectivity index (χ1n) is 7.19. The van der Waals surface area contributed by atoms with Crippen LogP contribution in [0.2, 0.25) is 0 Å². The van der Waals surface area contributed by atoms with Crippen molar-refractivity contribution < 1.29 is 0 Å². The molecule has 4 aromatic rings. The Morgan fingerprint density at radius 3 is 2.65 bits per heavy atom. The highest BCUT2D eigenvalue weighted by molar-refractivity contribution is 5.64. The van der Waals surface area contributed by atoms with Crippen LogP contribution in [0.5, 0.6) is 0 Å². The Hall–Kier alpha value is -3.41. The minimum atomic E-state index is 0.523. The molecule has 112 valence electrons. The van der Waals surface area contributed by atoms with Gasteiger partial charge in [-0.25, -0.2) is 4.98 Å². The average molecular weight is 302 g/mol. The molecule has 6 heteroatoms. The van der Waals surface area contributed by atoms with Gasteiger partial charge >= 0.3 is 0 Å². The van der Waals surface area contributed by atoms with Crippen LogP contribution >= 0.6 is 0 Å². The van der Waals surface area contributed by atoms with E-state index in [1.807, 2.05) is 60.7 Å². The molecule has 3 N–H and O–H groups in total. The van der Waals surface area contributed by atoms with Gasteiger partial charge in [-0.2, -0.15) is 9.50 Å². The number of aromatic nitrogens is 4. The van der Waals surface area contributed by atoms with Crippen molar-refractivity contribution in [3.8, 4) is 11.4 Å². The fourth-order valence-corrected chi connectivity index (χ4v) is 2.40. The van der Waals surface area contributed by atoms with Crippen LogP contribution < -0.4 is 11.1 Å². The monoisotopic (exact) mass is 302 g/mol. The maximum absolute atomic E-state index is 5.86. The molecule has 0 aliphatic rings. The van der Waals surface area contributed by atoms with Gasteiger partial charge in [0.2, 0.25) is 5.95 Å². The number of anilines is 3. The molecule has 4 rings (SSSR count).